The lowest BCUT2D eigenvalue weighted by atomic mass is 10.1. The molecule has 0 spiro atoms. The highest BCUT2D eigenvalue weighted by Gasteiger charge is 2.13. The fraction of sp³-hybridized carbons (Fsp3) is 0.231. The zero-order valence-electron chi connectivity index (χ0n) is 10.6. The minimum absolute atomic E-state index is 0.0771. The van der Waals surface area contributed by atoms with Crippen LogP contribution in [0.5, 0.6) is 0 Å². The molecule has 1 aromatic carbocycles. The van der Waals surface area contributed by atoms with Crippen LogP contribution >= 0.6 is 0 Å². The molecule has 0 aliphatic carbocycles. The van der Waals surface area contributed by atoms with Crippen molar-refractivity contribution in [3.05, 3.63) is 36.7 Å². The van der Waals surface area contributed by atoms with Gasteiger partial charge in [-0.3, -0.25) is 14.5 Å². The van der Waals surface area contributed by atoms with Crippen LogP contribution in [0.1, 0.15) is 12.8 Å². The molecule has 2 rings (SSSR count). The third kappa shape index (κ3) is 3.67. The van der Waals surface area contributed by atoms with Gasteiger partial charge in [-0.25, -0.2) is 8.42 Å². The maximum Gasteiger partial charge on any atom is 0.303 e. The third-order valence-electron chi connectivity index (χ3n) is 2.75. The van der Waals surface area contributed by atoms with E-state index in [9.17, 15) is 13.2 Å². The van der Waals surface area contributed by atoms with Crippen LogP contribution in [-0.4, -0.2) is 30.2 Å². The molecule has 0 saturated heterocycles. The van der Waals surface area contributed by atoms with Crippen LogP contribution in [0.3, 0.4) is 0 Å². The Balaban J connectivity index is 2.17. The number of rotatable bonds is 6. The first kappa shape index (κ1) is 14.3. The van der Waals surface area contributed by atoms with E-state index >= 15 is 0 Å². The molecule has 0 bridgehead atoms. The summed E-state index contributed by atoms with van der Waals surface area (Å²) in [6.45, 7) is 0. The number of sulfonamides is 1. The van der Waals surface area contributed by atoms with E-state index in [1.54, 1.807) is 30.6 Å². The van der Waals surface area contributed by atoms with Crippen molar-refractivity contribution in [2.75, 3.05) is 10.5 Å². The molecule has 0 aliphatic rings. The van der Waals surface area contributed by atoms with Gasteiger partial charge in [0.05, 0.1) is 11.4 Å². The molecule has 6 nitrogen and oxygen atoms in total. The van der Waals surface area contributed by atoms with Gasteiger partial charge >= 0.3 is 5.97 Å². The maximum atomic E-state index is 11.9. The summed E-state index contributed by atoms with van der Waals surface area (Å²) in [5.41, 5.74) is 0.450. The first-order chi connectivity index (χ1) is 9.48. The van der Waals surface area contributed by atoms with Crippen LogP contribution in [-0.2, 0) is 14.8 Å². The number of carboxylic acids is 1. The number of nitrogens with zero attached hydrogens (tertiary/aromatic N) is 1. The van der Waals surface area contributed by atoms with Crippen LogP contribution in [0.2, 0.25) is 0 Å². The molecule has 7 heteroatoms. The first-order valence-electron chi connectivity index (χ1n) is 6.03. The van der Waals surface area contributed by atoms with E-state index in [1.807, 2.05) is 6.07 Å². The van der Waals surface area contributed by atoms with Crippen molar-refractivity contribution in [2.24, 2.45) is 0 Å². The molecule has 106 valence electrons. The zero-order valence-corrected chi connectivity index (χ0v) is 11.4. The minimum atomic E-state index is -3.56. The van der Waals surface area contributed by atoms with Gasteiger partial charge in [0.25, 0.3) is 0 Å². The predicted octanol–water partition coefficient (Wildman–Crippen LogP) is 1.84. The number of carboxylic acid groups (broad SMARTS) is 1. The number of aliphatic carboxylic acids is 1. The van der Waals surface area contributed by atoms with Crippen LogP contribution in [0.15, 0.2) is 36.7 Å². The van der Waals surface area contributed by atoms with E-state index in [1.165, 1.54) is 0 Å². The maximum absolute atomic E-state index is 11.9. The van der Waals surface area contributed by atoms with Gasteiger partial charge in [0, 0.05) is 24.2 Å². The number of nitrogens with one attached hydrogen (secondary N) is 1. The second-order valence-corrected chi connectivity index (χ2v) is 6.16. The molecule has 0 radical (unpaired) electrons. The molecule has 2 aromatic rings. The second-order valence-electron chi connectivity index (χ2n) is 4.32. The number of hydrogen-bond acceptors (Lipinski definition) is 4. The van der Waals surface area contributed by atoms with Crippen molar-refractivity contribution in [1.29, 1.82) is 0 Å². The summed E-state index contributed by atoms with van der Waals surface area (Å²) < 4.78 is 26.3. The standard InChI is InChI=1S/C13H14N2O4S/c16-13(17)5-2-8-20(18,19)15-12-4-1-3-10-6-7-14-9-11(10)12/h1,3-4,6-7,9,15H,2,5,8H2,(H,16,17). The molecule has 20 heavy (non-hydrogen) atoms. The van der Waals surface area contributed by atoms with Gasteiger partial charge in [-0.15, -0.1) is 0 Å². The van der Waals surface area contributed by atoms with E-state index in [0.29, 0.717) is 11.1 Å². The van der Waals surface area contributed by atoms with E-state index in [-0.39, 0.29) is 18.6 Å². The fourth-order valence-corrected chi connectivity index (χ4v) is 2.97. The van der Waals surface area contributed by atoms with Gasteiger partial charge in [-0.05, 0) is 23.9 Å². The lowest BCUT2D eigenvalue weighted by molar-refractivity contribution is -0.137. The lowest BCUT2D eigenvalue weighted by Crippen LogP contribution is -2.17. The van der Waals surface area contributed by atoms with Crippen LogP contribution in [0.4, 0.5) is 5.69 Å². The van der Waals surface area contributed by atoms with Crippen molar-refractivity contribution in [3.63, 3.8) is 0 Å². The van der Waals surface area contributed by atoms with Crippen molar-refractivity contribution in [2.45, 2.75) is 12.8 Å². The summed E-state index contributed by atoms with van der Waals surface area (Å²) in [6, 6.07) is 7.05. The van der Waals surface area contributed by atoms with Gasteiger partial charge in [0.1, 0.15) is 0 Å². The van der Waals surface area contributed by atoms with E-state index in [4.69, 9.17) is 5.11 Å². The smallest absolute Gasteiger partial charge is 0.303 e. The molecule has 0 saturated carbocycles. The average Bonchev–Trinajstić information content (AvgIpc) is 2.38. The van der Waals surface area contributed by atoms with Gasteiger partial charge in [0.15, 0.2) is 0 Å². The molecule has 1 aromatic heterocycles. The van der Waals surface area contributed by atoms with Crippen molar-refractivity contribution in [1.82, 2.24) is 4.98 Å². The fourth-order valence-electron chi connectivity index (χ4n) is 1.83. The number of pyridine rings is 1. The molecule has 2 N–H and O–H groups in total. The summed E-state index contributed by atoms with van der Waals surface area (Å²) in [5.74, 6) is -1.23. The molecule has 1 heterocycles. The van der Waals surface area contributed by atoms with E-state index in [2.05, 4.69) is 9.71 Å². The largest absolute Gasteiger partial charge is 0.481 e. The molecule has 0 amide bonds. The molecule has 0 aliphatic heterocycles. The lowest BCUT2D eigenvalue weighted by Gasteiger charge is -2.09. The van der Waals surface area contributed by atoms with Crippen LogP contribution in [0.25, 0.3) is 10.8 Å². The second kappa shape index (κ2) is 5.87. The molecular weight excluding hydrogens is 280 g/mol. The zero-order chi connectivity index (χ0) is 14.6. The van der Waals surface area contributed by atoms with Crippen LogP contribution < -0.4 is 4.72 Å². The Morgan fingerprint density at radius 3 is 2.85 bits per heavy atom. The topological polar surface area (TPSA) is 96.4 Å². The summed E-state index contributed by atoms with van der Waals surface area (Å²) >= 11 is 0. The van der Waals surface area contributed by atoms with E-state index < -0.39 is 16.0 Å². The first-order valence-corrected chi connectivity index (χ1v) is 7.68. The van der Waals surface area contributed by atoms with Gasteiger partial charge in [0.2, 0.25) is 10.0 Å². The quantitative estimate of drug-likeness (QED) is 0.847. The molecule has 0 unspecified atom stereocenters. The summed E-state index contributed by atoms with van der Waals surface area (Å²) in [6.07, 6.45) is 3.13. The third-order valence-corrected chi connectivity index (χ3v) is 4.11. The number of carbonyl (C=O) groups is 1. The Kier molecular flexibility index (Phi) is 4.19. The molecule has 0 atom stereocenters. The number of benzene rings is 1. The molecular formula is C13H14N2O4S. The highest BCUT2D eigenvalue weighted by Crippen LogP contribution is 2.23. The summed E-state index contributed by atoms with van der Waals surface area (Å²) in [4.78, 5) is 14.4. The van der Waals surface area contributed by atoms with Gasteiger partial charge < -0.3 is 5.11 Å². The highest BCUT2D eigenvalue weighted by atomic mass is 32.2. The summed E-state index contributed by atoms with van der Waals surface area (Å²) in [5, 5.41) is 10.1. The van der Waals surface area contributed by atoms with E-state index in [0.717, 1.165) is 5.39 Å². The monoisotopic (exact) mass is 294 g/mol. The Morgan fingerprint density at radius 2 is 2.10 bits per heavy atom. The Labute approximate surface area is 116 Å². The molecule has 0 fully saturated rings. The van der Waals surface area contributed by atoms with Gasteiger partial charge in [-0.2, -0.15) is 0 Å². The Morgan fingerprint density at radius 1 is 1.30 bits per heavy atom. The Bertz CT molecular complexity index is 723. The SMILES string of the molecule is O=C(O)CCCS(=O)(=O)Nc1cccc2ccncc12. The number of hydrogen-bond donors (Lipinski definition) is 2. The normalized spacial score (nSPS) is 11.4. The average molecular weight is 294 g/mol. The minimum Gasteiger partial charge on any atom is -0.481 e. The highest BCUT2D eigenvalue weighted by molar-refractivity contribution is 7.92. The Hall–Kier alpha value is -2.15. The van der Waals surface area contributed by atoms with Crippen molar-refractivity contribution in [3.8, 4) is 0 Å². The summed E-state index contributed by atoms with van der Waals surface area (Å²) in [7, 11) is -3.56. The predicted molar refractivity (Wildman–Crippen MR) is 76.0 cm³/mol. The van der Waals surface area contributed by atoms with Gasteiger partial charge in [-0.1, -0.05) is 12.1 Å². The number of fused-ring (bicyclic) bond motifs is 1. The van der Waals surface area contributed by atoms with Crippen LogP contribution in [0, 0.1) is 0 Å². The van der Waals surface area contributed by atoms with Crippen molar-refractivity contribution < 1.29 is 18.3 Å². The van der Waals surface area contributed by atoms with Crippen molar-refractivity contribution >= 4 is 32.5 Å². The number of aromatic nitrogens is 1. The number of anilines is 1.